The van der Waals surface area contributed by atoms with Crippen LogP contribution in [0.4, 0.5) is 0 Å². The molecule has 8 heteroatoms. The van der Waals surface area contributed by atoms with Crippen LogP contribution in [-0.2, 0) is 21.2 Å². The average molecular weight is 433 g/mol. The van der Waals surface area contributed by atoms with Crippen molar-refractivity contribution in [3.8, 4) is 5.75 Å². The van der Waals surface area contributed by atoms with Gasteiger partial charge in [0.2, 0.25) is 10.0 Å². The number of para-hydroxylation sites is 1. The lowest BCUT2D eigenvalue weighted by atomic mass is 10.0. The molecule has 0 bridgehead atoms. The number of nitrogens with two attached hydrogens (primary N) is 1. The fraction of sp³-hybridized carbons (Fsp3) is 0.409. The Hall–Kier alpha value is -2.42. The van der Waals surface area contributed by atoms with Gasteiger partial charge in [-0.25, -0.2) is 8.42 Å². The van der Waals surface area contributed by atoms with E-state index >= 15 is 0 Å². The molecule has 162 valence electrons. The van der Waals surface area contributed by atoms with Crippen LogP contribution in [0, 0.1) is 6.92 Å². The van der Waals surface area contributed by atoms with Crippen LogP contribution in [0.3, 0.4) is 0 Å². The molecule has 0 unspecified atom stereocenters. The Balaban J connectivity index is 0.000000184. The van der Waals surface area contributed by atoms with E-state index in [1.165, 1.54) is 11.6 Å². The summed E-state index contributed by atoms with van der Waals surface area (Å²) in [4.78, 5) is 11.3. The first-order valence-corrected chi connectivity index (χ1v) is 11.5. The largest absolute Gasteiger partial charge is 0.489 e. The van der Waals surface area contributed by atoms with Crippen molar-refractivity contribution >= 4 is 16.0 Å². The first-order valence-electron chi connectivity index (χ1n) is 10.1. The van der Waals surface area contributed by atoms with Gasteiger partial charge in [-0.2, -0.15) is 4.31 Å². The molecular weight excluding hydrogens is 404 g/mol. The highest BCUT2D eigenvalue weighted by Crippen LogP contribution is 2.28. The molecule has 2 aromatic carbocycles. The molecule has 0 saturated carbocycles. The minimum absolute atomic E-state index is 0.193. The second kappa shape index (κ2) is 9.59. The van der Waals surface area contributed by atoms with Gasteiger partial charge in [0.25, 0.3) is 0 Å². The van der Waals surface area contributed by atoms with Crippen LogP contribution < -0.4 is 10.5 Å². The number of rotatable bonds is 4. The van der Waals surface area contributed by atoms with Gasteiger partial charge in [-0.15, -0.1) is 0 Å². The fourth-order valence-corrected chi connectivity index (χ4v) is 5.67. The summed E-state index contributed by atoms with van der Waals surface area (Å²) in [6.45, 7) is 2.60. The van der Waals surface area contributed by atoms with Gasteiger partial charge in [-0.1, -0.05) is 36.4 Å². The monoisotopic (exact) mass is 432 g/mol. The highest BCUT2D eigenvalue weighted by molar-refractivity contribution is 7.89. The number of aliphatic carboxylic acids is 1. The Labute approximate surface area is 177 Å². The third-order valence-corrected chi connectivity index (χ3v) is 7.50. The maximum absolute atomic E-state index is 12.4. The van der Waals surface area contributed by atoms with Crippen molar-refractivity contribution in [2.75, 3.05) is 13.1 Å². The normalized spacial score (nSPS) is 21.1. The van der Waals surface area contributed by atoms with Gasteiger partial charge >= 0.3 is 5.97 Å². The number of sulfonamides is 1. The lowest BCUT2D eigenvalue weighted by molar-refractivity contribution is -0.140. The zero-order valence-electron chi connectivity index (χ0n) is 17.0. The van der Waals surface area contributed by atoms with Crippen LogP contribution in [0.25, 0.3) is 0 Å². The van der Waals surface area contributed by atoms with E-state index in [0.29, 0.717) is 24.9 Å². The summed E-state index contributed by atoms with van der Waals surface area (Å²) >= 11 is 0. The first-order chi connectivity index (χ1) is 14.3. The van der Waals surface area contributed by atoms with E-state index in [1.807, 2.05) is 18.2 Å². The first kappa shape index (κ1) is 22.3. The van der Waals surface area contributed by atoms with E-state index < -0.39 is 22.0 Å². The van der Waals surface area contributed by atoms with E-state index in [4.69, 9.17) is 15.6 Å². The van der Waals surface area contributed by atoms with Crippen molar-refractivity contribution in [2.45, 2.75) is 49.6 Å². The molecule has 30 heavy (non-hydrogen) atoms. The Morgan fingerprint density at radius 2 is 1.87 bits per heavy atom. The quantitative estimate of drug-likeness (QED) is 0.768. The lowest BCUT2D eigenvalue weighted by Gasteiger charge is -2.24. The summed E-state index contributed by atoms with van der Waals surface area (Å²) in [5.41, 5.74) is 7.48. The predicted octanol–water partition coefficient (Wildman–Crippen LogP) is 2.57. The smallest absolute Gasteiger partial charge is 0.322 e. The third-order valence-electron chi connectivity index (χ3n) is 5.43. The fourth-order valence-electron chi connectivity index (χ4n) is 3.79. The molecule has 0 aliphatic carbocycles. The predicted molar refractivity (Wildman–Crippen MR) is 114 cm³/mol. The summed E-state index contributed by atoms with van der Waals surface area (Å²) in [7, 11) is -3.71. The molecule has 2 heterocycles. The van der Waals surface area contributed by atoms with Crippen LogP contribution in [0.1, 0.15) is 30.4 Å². The Bertz CT molecular complexity index is 993. The third kappa shape index (κ3) is 4.83. The topological polar surface area (TPSA) is 110 Å². The van der Waals surface area contributed by atoms with E-state index in [0.717, 1.165) is 22.9 Å². The number of carbonyl (C=O) groups is 1. The van der Waals surface area contributed by atoms with Gasteiger partial charge in [0.1, 0.15) is 17.9 Å². The molecular formula is C22H28N2O5S. The van der Waals surface area contributed by atoms with Gasteiger partial charge in [-0.05, 0) is 55.9 Å². The van der Waals surface area contributed by atoms with Crippen molar-refractivity contribution in [1.29, 1.82) is 0 Å². The molecule has 4 rings (SSSR count). The van der Waals surface area contributed by atoms with Crippen molar-refractivity contribution in [2.24, 2.45) is 5.73 Å². The number of nitrogens with zero attached hydrogens (tertiary/aromatic N) is 1. The number of hydrogen-bond donors (Lipinski definition) is 2. The molecule has 1 saturated heterocycles. The number of hydrogen-bond acceptors (Lipinski definition) is 5. The van der Waals surface area contributed by atoms with Crippen molar-refractivity contribution in [3.63, 3.8) is 0 Å². The zero-order chi connectivity index (χ0) is 21.7. The Morgan fingerprint density at radius 3 is 2.57 bits per heavy atom. The minimum Gasteiger partial charge on any atom is -0.489 e. The van der Waals surface area contributed by atoms with Gasteiger partial charge in [0, 0.05) is 13.1 Å². The molecule has 7 nitrogen and oxygen atoms in total. The molecule has 2 aromatic rings. The van der Waals surface area contributed by atoms with Crippen LogP contribution in [0.2, 0.25) is 0 Å². The zero-order valence-corrected chi connectivity index (χ0v) is 17.8. The van der Waals surface area contributed by atoms with Crippen molar-refractivity contribution in [1.82, 2.24) is 4.31 Å². The van der Waals surface area contributed by atoms with E-state index in [9.17, 15) is 13.2 Å². The number of ether oxygens (including phenoxy) is 1. The standard InChI is InChI=1S/C12H15NO4S.C10H13NO/c1-9-5-2-3-7-11(9)18(16,17)13-8-4-6-10(13)12(14)15;11-7-9-6-5-8-3-1-2-4-10(8)12-9/h2-3,5,7,10H,4,6,8H2,1H3,(H,14,15);1-4,9H,5-7,11H2/t10-;9-/m00/s1. The van der Waals surface area contributed by atoms with Crippen molar-refractivity contribution < 1.29 is 23.1 Å². The number of fused-ring (bicyclic) bond motifs is 1. The molecule has 2 aliphatic heterocycles. The molecule has 0 amide bonds. The second-order valence-electron chi connectivity index (χ2n) is 7.50. The molecule has 1 fully saturated rings. The van der Waals surface area contributed by atoms with E-state index in [1.54, 1.807) is 25.1 Å². The van der Waals surface area contributed by atoms with E-state index in [2.05, 4.69) is 6.07 Å². The summed E-state index contributed by atoms with van der Waals surface area (Å²) in [6, 6.07) is 13.9. The van der Waals surface area contributed by atoms with Gasteiger partial charge < -0.3 is 15.6 Å². The second-order valence-corrected chi connectivity index (χ2v) is 9.36. The van der Waals surface area contributed by atoms with Crippen LogP contribution in [-0.4, -0.2) is 49.0 Å². The average Bonchev–Trinajstić information content (AvgIpc) is 3.25. The van der Waals surface area contributed by atoms with Gasteiger partial charge in [0.15, 0.2) is 0 Å². The number of carboxylic acid groups (broad SMARTS) is 1. The molecule has 3 N–H and O–H groups in total. The van der Waals surface area contributed by atoms with Gasteiger partial charge in [0.05, 0.1) is 4.90 Å². The summed E-state index contributed by atoms with van der Waals surface area (Å²) in [6.07, 6.45) is 3.33. The lowest BCUT2D eigenvalue weighted by Crippen LogP contribution is -2.40. The highest BCUT2D eigenvalue weighted by Gasteiger charge is 2.39. The molecule has 0 spiro atoms. The highest BCUT2D eigenvalue weighted by atomic mass is 32.2. The molecule has 0 aromatic heterocycles. The van der Waals surface area contributed by atoms with Crippen molar-refractivity contribution in [3.05, 3.63) is 59.7 Å². The maximum atomic E-state index is 12.4. The summed E-state index contributed by atoms with van der Waals surface area (Å²) < 4.78 is 31.6. The summed E-state index contributed by atoms with van der Waals surface area (Å²) in [5.74, 6) is -0.0659. The number of benzene rings is 2. The Morgan fingerprint density at radius 1 is 1.17 bits per heavy atom. The molecule has 2 aliphatic rings. The Kier molecular flexibility index (Phi) is 7.12. The molecule has 2 atom stereocenters. The number of carboxylic acids is 1. The number of aryl methyl sites for hydroxylation is 2. The maximum Gasteiger partial charge on any atom is 0.322 e. The SMILES string of the molecule is Cc1ccccc1S(=O)(=O)N1CCC[C@H]1C(=O)O.NC[C@@H]1CCc2ccccc2O1. The molecule has 0 radical (unpaired) electrons. The van der Waals surface area contributed by atoms with E-state index in [-0.39, 0.29) is 17.5 Å². The van der Waals surface area contributed by atoms with Crippen LogP contribution in [0.15, 0.2) is 53.4 Å². The van der Waals surface area contributed by atoms with Crippen LogP contribution in [0.5, 0.6) is 5.75 Å². The van der Waals surface area contributed by atoms with Gasteiger partial charge in [-0.3, -0.25) is 4.79 Å². The summed E-state index contributed by atoms with van der Waals surface area (Å²) in [5, 5.41) is 9.06. The van der Waals surface area contributed by atoms with Crippen LogP contribution >= 0.6 is 0 Å². The minimum atomic E-state index is -3.71.